The van der Waals surface area contributed by atoms with Gasteiger partial charge < -0.3 is 0 Å². The second kappa shape index (κ2) is 6.26. The molecule has 1 rings (SSSR count). The number of carbonyl (C=O) groups excluding carboxylic acids is 1. The summed E-state index contributed by atoms with van der Waals surface area (Å²) in [7, 11) is 0. The van der Waals surface area contributed by atoms with Crippen molar-refractivity contribution in [3.8, 4) is 0 Å². The Morgan fingerprint density at radius 3 is 2.93 bits per heavy atom. The van der Waals surface area contributed by atoms with Crippen molar-refractivity contribution in [2.75, 3.05) is 6.26 Å². The number of rotatable bonds is 3. The zero-order chi connectivity index (χ0) is 10.4. The predicted molar refractivity (Wildman–Crippen MR) is 66.0 cm³/mol. The van der Waals surface area contributed by atoms with Gasteiger partial charge in [0.15, 0.2) is 0 Å². The highest BCUT2D eigenvalue weighted by molar-refractivity contribution is 14.1. The summed E-state index contributed by atoms with van der Waals surface area (Å²) in [6.07, 6.45) is 1.70. The normalized spacial score (nSPS) is 9.86. The minimum atomic E-state index is -0.184. The molecule has 0 aliphatic carbocycles. The van der Waals surface area contributed by atoms with Gasteiger partial charge in [-0.2, -0.15) is 0 Å². The van der Waals surface area contributed by atoms with Gasteiger partial charge in [0.25, 0.3) is 0 Å². The first kappa shape index (κ1) is 11.8. The van der Waals surface area contributed by atoms with Crippen LogP contribution in [0.1, 0.15) is 5.56 Å². The van der Waals surface area contributed by atoms with Crippen LogP contribution in [0.5, 0.6) is 0 Å². The first-order valence-corrected chi connectivity index (χ1v) is 6.23. The smallest absolute Gasteiger partial charge is 0.268 e. The standard InChI is InChI=1S/C9H10INO2S/c1-14-9(12)11-13-6-7-4-2-3-5-8(7)10/h2-5H,6H2,1H3,(H,11,12). The number of benzene rings is 1. The summed E-state index contributed by atoms with van der Waals surface area (Å²) in [5.41, 5.74) is 3.39. The highest BCUT2D eigenvalue weighted by Gasteiger charge is 2.00. The third-order valence-electron chi connectivity index (χ3n) is 1.53. The number of carbonyl (C=O) groups is 1. The Hall–Kier alpha value is -0.270. The minimum absolute atomic E-state index is 0.184. The van der Waals surface area contributed by atoms with Crippen LogP contribution in [0, 0.1) is 3.57 Å². The van der Waals surface area contributed by atoms with E-state index in [-0.39, 0.29) is 5.24 Å². The van der Waals surface area contributed by atoms with E-state index >= 15 is 0 Å². The Morgan fingerprint density at radius 1 is 1.57 bits per heavy atom. The minimum Gasteiger partial charge on any atom is -0.268 e. The molecule has 0 unspecified atom stereocenters. The van der Waals surface area contributed by atoms with E-state index in [0.717, 1.165) is 20.9 Å². The molecule has 0 aromatic heterocycles. The third-order valence-corrected chi connectivity index (χ3v) is 3.03. The third kappa shape index (κ3) is 3.85. The second-order valence-electron chi connectivity index (χ2n) is 2.47. The molecule has 0 saturated heterocycles. The van der Waals surface area contributed by atoms with E-state index < -0.39 is 0 Å². The van der Waals surface area contributed by atoms with Gasteiger partial charge in [0.2, 0.25) is 0 Å². The second-order valence-corrected chi connectivity index (χ2v) is 4.41. The van der Waals surface area contributed by atoms with Gasteiger partial charge in [-0.15, -0.1) is 0 Å². The Balaban J connectivity index is 2.39. The molecule has 5 heteroatoms. The first-order chi connectivity index (χ1) is 6.74. The molecule has 1 aromatic carbocycles. The molecule has 0 fully saturated rings. The van der Waals surface area contributed by atoms with Gasteiger partial charge in [-0.3, -0.25) is 9.63 Å². The molecule has 0 aliphatic rings. The maximum Gasteiger partial charge on any atom is 0.302 e. The highest BCUT2D eigenvalue weighted by Crippen LogP contribution is 2.11. The molecule has 0 radical (unpaired) electrons. The van der Waals surface area contributed by atoms with E-state index in [9.17, 15) is 4.79 Å². The average molecular weight is 323 g/mol. The summed E-state index contributed by atoms with van der Waals surface area (Å²) in [5.74, 6) is 0. The van der Waals surface area contributed by atoms with Crippen LogP contribution in [0.4, 0.5) is 4.79 Å². The molecular weight excluding hydrogens is 313 g/mol. The molecule has 0 atom stereocenters. The Labute approximate surface area is 101 Å². The van der Waals surface area contributed by atoms with Crippen molar-refractivity contribution >= 4 is 39.6 Å². The Morgan fingerprint density at radius 2 is 2.29 bits per heavy atom. The van der Waals surface area contributed by atoms with Gasteiger partial charge in [-0.25, -0.2) is 5.48 Å². The van der Waals surface area contributed by atoms with E-state index in [1.165, 1.54) is 0 Å². The number of halogens is 1. The number of hydrogen-bond acceptors (Lipinski definition) is 3. The lowest BCUT2D eigenvalue weighted by Crippen LogP contribution is -2.18. The molecule has 0 aliphatic heterocycles. The summed E-state index contributed by atoms with van der Waals surface area (Å²) in [4.78, 5) is 15.8. The van der Waals surface area contributed by atoms with Crippen molar-refractivity contribution in [1.82, 2.24) is 5.48 Å². The van der Waals surface area contributed by atoms with E-state index in [4.69, 9.17) is 4.84 Å². The summed E-state index contributed by atoms with van der Waals surface area (Å²) < 4.78 is 1.13. The van der Waals surface area contributed by atoms with Gasteiger partial charge in [-0.05, 0) is 40.5 Å². The van der Waals surface area contributed by atoms with Crippen LogP contribution in [0.3, 0.4) is 0 Å². The van der Waals surface area contributed by atoms with Crippen molar-refractivity contribution in [3.05, 3.63) is 33.4 Å². The van der Waals surface area contributed by atoms with Crippen molar-refractivity contribution in [3.63, 3.8) is 0 Å². The van der Waals surface area contributed by atoms with Crippen molar-refractivity contribution in [2.45, 2.75) is 6.61 Å². The lowest BCUT2D eigenvalue weighted by molar-refractivity contribution is 0.0573. The average Bonchev–Trinajstić information content (AvgIpc) is 2.20. The molecule has 14 heavy (non-hydrogen) atoms. The van der Waals surface area contributed by atoms with Gasteiger partial charge in [-0.1, -0.05) is 30.0 Å². The summed E-state index contributed by atoms with van der Waals surface area (Å²) in [6, 6.07) is 7.87. The largest absolute Gasteiger partial charge is 0.302 e. The quantitative estimate of drug-likeness (QED) is 0.687. The molecular formula is C9H10INO2S. The molecule has 1 aromatic rings. The highest BCUT2D eigenvalue weighted by atomic mass is 127. The van der Waals surface area contributed by atoms with Crippen LogP contribution in [0.2, 0.25) is 0 Å². The molecule has 1 amide bonds. The van der Waals surface area contributed by atoms with Crippen molar-refractivity contribution in [2.24, 2.45) is 0 Å². The topological polar surface area (TPSA) is 38.3 Å². The Bertz CT molecular complexity index is 319. The van der Waals surface area contributed by atoms with Gasteiger partial charge >= 0.3 is 5.24 Å². The van der Waals surface area contributed by atoms with Crippen molar-refractivity contribution in [1.29, 1.82) is 0 Å². The molecule has 76 valence electrons. The van der Waals surface area contributed by atoms with Gasteiger partial charge in [0.1, 0.15) is 6.61 Å². The fraction of sp³-hybridized carbons (Fsp3) is 0.222. The van der Waals surface area contributed by atoms with Gasteiger partial charge in [0, 0.05) is 3.57 Å². The van der Waals surface area contributed by atoms with Crippen LogP contribution in [-0.2, 0) is 11.4 Å². The number of thioether (sulfide) groups is 1. The summed E-state index contributed by atoms with van der Waals surface area (Å²) in [6.45, 7) is 0.394. The number of nitrogens with one attached hydrogen (secondary N) is 1. The maximum atomic E-state index is 10.8. The van der Waals surface area contributed by atoms with E-state index in [1.807, 2.05) is 24.3 Å². The maximum absolute atomic E-state index is 10.8. The van der Waals surface area contributed by atoms with Crippen molar-refractivity contribution < 1.29 is 9.63 Å². The fourth-order valence-corrected chi connectivity index (χ4v) is 1.52. The molecule has 0 saturated carbocycles. The monoisotopic (exact) mass is 323 g/mol. The van der Waals surface area contributed by atoms with Crippen LogP contribution >= 0.6 is 34.4 Å². The molecule has 3 nitrogen and oxygen atoms in total. The van der Waals surface area contributed by atoms with Crippen LogP contribution in [0.15, 0.2) is 24.3 Å². The van der Waals surface area contributed by atoms with Crippen LogP contribution in [0.25, 0.3) is 0 Å². The molecule has 0 heterocycles. The zero-order valence-corrected chi connectivity index (χ0v) is 10.6. The first-order valence-electron chi connectivity index (χ1n) is 3.93. The number of amides is 1. The van der Waals surface area contributed by atoms with E-state index in [0.29, 0.717) is 6.61 Å². The molecule has 1 N–H and O–H groups in total. The van der Waals surface area contributed by atoms with Crippen LogP contribution in [-0.4, -0.2) is 11.5 Å². The number of hydroxylamine groups is 1. The van der Waals surface area contributed by atoms with E-state index in [1.54, 1.807) is 6.26 Å². The fourth-order valence-electron chi connectivity index (χ4n) is 0.830. The SMILES string of the molecule is CSC(=O)NOCc1ccccc1I. The zero-order valence-electron chi connectivity index (χ0n) is 7.62. The lowest BCUT2D eigenvalue weighted by atomic mass is 10.2. The summed E-state index contributed by atoms with van der Waals surface area (Å²) in [5, 5.41) is -0.184. The van der Waals surface area contributed by atoms with Crippen LogP contribution < -0.4 is 5.48 Å². The molecule has 0 bridgehead atoms. The lowest BCUT2D eigenvalue weighted by Gasteiger charge is -2.05. The van der Waals surface area contributed by atoms with E-state index in [2.05, 4.69) is 28.1 Å². The number of hydrogen-bond donors (Lipinski definition) is 1. The Kier molecular flexibility index (Phi) is 5.28. The van der Waals surface area contributed by atoms with Gasteiger partial charge in [0.05, 0.1) is 0 Å². The predicted octanol–water partition coefficient (Wildman–Crippen LogP) is 2.80. The summed E-state index contributed by atoms with van der Waals surface area (Å²) >= 11 is 3.32. The molecule has 0 spiro atoms.